The van der Waals surface area contributed by atoms with Crippen LogP contribution in [0.2, 0.25) is 0 Å². The van der Waals surface area contributed by atoms with Gasteiger partial charge in [0.25, 0.3) is 11.9 Å². The molecule has 0 bridgehead atoms. The van der Waals surface area contributed by atoms with Gasteiger partial charge < -0.3 is 9.47 Å². The standard InChI is InChI=1S/C22H17FN4O4S/c1-13(28)31-18-9-3-14(11-19(18)30-2)4-10-20(29)24-21-25-22-27(26-21)17(12-32-22)15-5-7-16(23)8-6-15/h3-12H,1-2H3,(H,24,26,29)/b10-4+. The van der Waals surface area contributed by atoms with Gasteiger partial charge in [-0.3, -0.25) is 14.9 Å². The zero-order valence-corrected chi connectivity index (χ0v) is 17.9. The first-order valence-corrected chi connectivity index (χ1v) is 10.3. The van der Waals surface area contributed by atoms with Gasteiger partial charge in [-0.2, -0.15) is 4.98 Å². The second-order valence-electron chi connectivity index (χ2n) is 6.58. The fourth-order valence-electron chi connectivity index (χ4n) is 2.90. The molecule has 0 atom stereocenters. The van der Waals surface area contributed by atoms with Crippen molar-refractivity contribution in [2.45, 2.75) is 6.92 Å². The second kappa shape index (κ2) is 8.98. The second-order valence-corrected chi connectivity index (χ2v) is 7.42. The number of thiazole rings is 1. The number of benzene rings is 2. The molecule has 0 aliphatic heterocycles. The predicted octanol–water partition coefficient (Wildman–Crippen LogP) is 4.18. The minimum absolute atomic E-state index is 0.151. The fourth-order valence-corrected chi connectivity index (χ4v) is 3.74. The Morgan fingerprint density at radius 2 is 1.94 bits per heavy atom. The van der Waals surface area contributed by atoms with Crippen molar-refractivity contribution in [3.63, 3.8) is 0 Å². The van der Waals surface area contributed by atoms with E-state index in [9.17, 15) is 14.0 Å². The van der Waals surface area contributed by atoms with Gasteiger partial charge in [0, 0.05) is 23.9 Å². The highest BCUT2D eigenvalue weighted by atomic mass is 32.1. The lowest BCUT2D eigenvalue weighted by atomic mass is 10.2. The normalized spacial score (nSPS) is 11.1. The Hall–Kier alpha value is -4.05. The third kappa shape index (κ3) is 4.65. The van der Waals surface area contributed by atoms with Crippen molar-refractivity contribution in [3.05, 3.63) is 65.3 Å². The number of amides is 1. The Bertz CT molecular complexity index is 1330. The van der Waals surface area contributed by atoms with Gasteiger partial charge in [-0.05, 0) is 48.0 Å². The van der Waals surface area contributed by atoms with Crippen LogP contribution >= 0.6 is 11.3 Å². The van der Waals surface area contributed by atoms with Gasteiger partial charge in [0.2, 0.25) is 4.96 Å². The lowest BCUT2D eigenvalue weighted by molar-refractivity contribution is -0.132. The number of methoxy groups -OCH3 is 1. The maximum absolute atomic E-state index is 13.2. The third-order valence-corrected chi connectivity index (χ3v) is 5.14. The average Bonchev–Trinajstić information content (AvgIpc) is 3.33. The van der Waals surface area contributed by atoms with Crippen LogP contribution < -0.4 is 14.8 Å². The van der Waals surface area contributed by atoms with Crippen molar-refractivity contribution in [1.82, 2.24) is 14.6 Å². The van der Waals surface area contributed by atoms with Crippen LogP contribution in [0, 0.1) is 5.82 Å². The largest absolute Gasteiger partial charge is 0.493 e. The van der Waals surface area contributed by atoms with Gasteiger partial charge in [-0.15, -0.1) is 16.4 Å². The molecule has 0 aliphatic rings. The molecular weight excluding hydrogens is 435 g/mol. The zero-order chi connectivity index (χ0) is 22.7. The smallest absolute Gasteiger partial charge is 0.308 e. The van der Waals surface area contributed by atoms with E-state index < -0.39 is 11.9 Å². The molecule has 10 heteroatoms. The molecule has 162 valence electrons. The van der Waals surface area contributed by atoms with Crippen molar-refractivity contribution in [2.75, 3.05) is 12.4 Å². The van der Waals surface area contributed by atoms with E-state index in [-0.39, 0.29) is 11.8 Å². The van der Waals surface area contributed by atoms with E-state index in [1.165, 1.54) is 43.6 Å². The minimum Gasteiger partial charge on any atom is -0.493 e. The Labute approximate surface area is 185 Å². The van der Waals surface area contributed by atoms with Gasteiger partial charge in [-0.1, -0.05) is 6.07 Å². The molecule has 0 spiro atoms. The molecule has 0 fully saturated rings. The summed E-state index contributed by atoms with van der Waals surface area (Å²) >= 11 is 1.36. The highest BCUT2D eigenvalue weighted by molar-refractivity contribution is 7.15. The Morgan fingerprint density at radius 3 is 2.66 bits per heavy atom. The van der Waals surface area contributed by atoms with Crippen LogP contribution in [-0.4, -0.2) is 33.6 Å². The number of hydrogen-bond donors (Lipinski definition) is 1. The average molecular weight is 452 g/mol. The SMILES string of the molecule is COc1cc(/C=C/C(=O)Nc2nc3scc(-c4ccc(F)cc4)n3n2)ccc1OC(C)=O. The lowest BCUT2D eigenvalue weighted by Gasteiger charge is -2.08. The molecule has 1 amide bonds. The monoisotopic (exact) mass is 452 g/mol. The van der Waals surface area contributed by atoms with E-state index in [1.54, 1.807) is 40.9 Å². The zero-order valence-electron chi connectivity index (χ0n) is 17.0. The molecule has 2 aromatic carbocycles. The molecule has 4 aromatic rings. The van der Waals surface area contributed by atoms with Crippen LogP contribution in [-0.2, 0) is 9.59 Å². The number of ether oxygens (including phenoxy) is 2. The van der Waals surface area contributed by atoms with Crippen LogP contribution in [0.15, 0.2) is 53.9 Å². The Balaban J connectivity index is 1.48. The van der Waals surface area contributed by atoms with E-state index in [0.717, 1.165) is 11.3 Å². The molecule has 0 saturated carbocycles. The summed E-state index contributed by atoms with van der Waals surface area (Å²) < 4.78 is 25.1. The molecule has 0 saturated heterocycles. The van der Waals surface area contributed by atoms with Crippen LogP contribution in [0.3, 0.4) is 0 Å². The number of carbonyl (C=O) groups excluding carboxylic acids is 2. The number of aromatic nitrogens is 3. The van der Waals surface area contributed by atoms with Crippen molar-refractivity contribution in [2.24, 2.45) is 0 Å². The summed E-state index contributed by atoms with van der Waals surface area (Å²) in [5, 5.41) is 8.80. The number of rotatable bonds is 6. The Kier molecular flexibility index (Phi) is 5.95. The van der Waals surface area contributed by atoms with E-state index in [1.807, 2.05) is 5.38 Å². The quantitative estimate of drug-likeness (QED) is 0.268. The van der Waals surface area contributed by atoms with Crippen molar-refractivity contribution in [1.29, 1.82) is 0 Å². The van der Waals surface area contributed by atoms with Gasteiger partial charge in [0.1, 0.15) is 5.82 Å². The van der Waals surface area contributed by atoms with Crippen LogP contribution in [0.5, 0.6) is 11.5 Å². The maximum atomic E-state index is 13.2. The van der Waals surface area contributed by atoms with Crippen molar-refractivity contribution >= 4 is 40.2 Å². The summed E-state index contributed by atoms with van der Waals surface area (Å²) in [7, 11) is 1.46. The highest BCUT2D eigenvalue weighted by Crippen LogP contribution is 2.29. The molecule has 4 rings (SSSR count). The number of halogens is 1. The van der Waals surface area contributed by atoms with E-state index in [4.69, 9.17) is 9.47 Å². The molecule has 2 aromatic heterocycles. The number of fused-ring (bicyclic) bond motifs is 1. The molecule has 0 unspecified atom stereocenters. The Morgan fingerprint density at radius 1 is 1.16 bits per heavy atom. The highest BCUT2D eigenvalue weighted by Gasteiger charge is 2.13. The fraction of sp³-hybridized carbons (Fsp3) is 0.0909. The number of carbonyl (C=O) groups is 2. The predicted molar refractivity (Wildman–Crippen MR) is 118 cm³/mol. The first-order valence-electron chi connectivity index (χ1n) is 9.38. The minimum atomic E-state index is -0.457. The van der Waals surface area contributed by atoms with Gasteiger partial charge >= 0.3 is 5.97 Å². The molecule has 32 heavy (non-hydrogen) atoms. The summed E-state index contributed by atoms with van der Waals surface area (Å²) in [6.45, 7) is 1.30. The summed E-state index contributed by atoms with van der Waals surface area (Å²) in [6, 6.07) is 11.0. The summed E-state index contributed by atoms with van der Waals surface area (Å²) in [5.74, 6) is -0.390. The molecule has 8 nitrogen and oxygen atoms in total. The number of anilines is 1. The van der Waals surface area contributed by atoms with E-state index in [0.29, 0.717) is 22.0 Å². The maximum Gasteiger partial charge on any atom is 0.308 e. The number of hydrogen-bond acceptors (Lipinski definition) is 7. The first-order chi connectivity index (χ1) is 15.4. The van der Waals surface area contributed by atoms with E-state index >= 15 is 0 Å². The molecule has 1 N–H and O–H groups in total. The number of esters is 1. The van der Waals surface area contributed by atoms with Gasteiger partial charge in [0.05, 0.1) is 12.8 Å². The van der Waals surface area contributed by atoms with Crippen LogP contribution in [0.1, 0.15) is 12.5 Å². The summed E-state index contributed by atoms with van der Waals surface area (Å²) in [6.07, 6.45) is 2.91. The molecule has 2 heterocycles. The van der Waals surface area contributed by atoms with Gasteiger partial charge in [-0.25, -0.2) is 8.91 Å². The van der Waals surface area contributed by atoms with Gasteiger partial charge in [0.15, 0.2) is 11.5 Å². The number of nitrogens with one attached hydrogen (secondary N) is 1. The molecular formula is C22H17FN4O4S. The van der Waals surface area contributed by atoms with E-state index in [2.05, 4.69) is 15.4 Å². The lowest BCUT2D eigenvalue weighted by Crippen LogP contribution is -2.09. The third-order valence-electron chi connectivity index (χ3n) is 4.33. The van der Waals surface area contributed by atoms with Crippen LogP contribution in [0.4, 0.5) is 10.3 Å². The summed E-state index contributed by atoms with van der Waals surface area (Å²) in [4.78, 5) is 28.4. The molecule has 0 radical (unpaired) electrons. The summed E-state index contributed by atoms with van der Waals surface area (Å²) in [5.41, 5.74) is 2.20. The first kappa shape index (κ1) is 21.2. The van der Waals surface area contributed by atoms with Crippen molar-refractivity contribution in [3.8, 4) is 22.8 Å². The topological polar surface area (TPSA) is 94.8 Å². The number of nitrogens with zero attached hydrogens (tertiary/aromatic N) is 3. The molecule has 0 aliphatic carbocycles. The van der Waals surface area contributed by atoms with Crippen molar-refractivity contribution < 1.29 is 23.5 Å². The van der Waals surface area contributed by atoms with Crippen LogP contribution in [0.25, 0.3) is 22.3 Å².